The van der Waals surface area contributed by atoms with Crippen molar-refractivity contribution in [3.05, 3.63) is 76.9 Å². The van der Waals surface area contributed by atoms with Crippen molar-refractivity contribution in [1.29, 1.82) is 0 Å². The first kappa shape index (κ1) is 14.1. The molecule has 4 rings (SSSR count). The number of hydrogen-bond acceptors (Lipinski definition) is 5. The highest BCUT2D eigenvalue weighted by atomic mass is 16.3. The molecule has 4 aromatic rings. The molecule has 0 amide bonds. The SMILES string of the molecule is Cc1ccc(/C=N\n2cnc3c(cnn3-c3ccccc3)c2=O)o1. The van der Waals surface area contributed by atoms with Crippen LogP contribution in [0.1, 0.15) is 11.5 Å². The van der Waals surface area contributed by atoms with E-state index < -0.39 is 0 Å². The summed E-state index contributed by atoms with van der Waals surface area (Å²) < 4.78 is 8.18. The number of aryl methyl sites for hydroxylation is 1. The van der Waals surface area contributed by atoms with Crippen LogP contribution >= 0.6 is 0 Å². The molecule has 7 heteroatoms. The molecule has 0 unspecified atom stereocenters. The van der Waals surface area contributed by atoms with Crippen LogP contribution in [0.25, 0.3) is 16.7 Å². The summed E-state index contributed by atoms with van der Waals surface area (Å²) in [5.41, 5.74) is 1.04. The molecule has 118 valence electrons. The Labute approximate surface area is 136 Å². The first-order valence-electron chi connectivity index (χ1n) is 7.34. The van der Waals surface area contributed by atoms with Crippen molar-refractivity contribution in [1.82, 2.24) is 19.4 Å². The highest BCUT2D eigenvalue weighted by Gasteiger charge is 2.10. The molecule has 0 aliphatic rings. The Kier molecular flexibility index (Phi) is 3.31. The molecule has 0 fully saturated rings. The smallest absolute Gasteiger partial charge is 0.285 e. The molecule has 0 bridgehead atoms. The number of para-hydroxylation sites is 1. The Morgan fingerprint density at radius 2 is 2.00 bits per heavy atom. The van der Waals surface area contributed by atoms with E-state index in [1.54, 1.807) is 10.7 Å². The summed E-state index contributed by atoms with van der Waals surface area (Å²) in [6.07, 6.45) is 4.35. The van der Waals surface area contributed by atoms with Gasteiger partial charge in [0.25, 0.3) is 5.56 Å². The van der Waals surface area contributed by atoms with Gasteiger partial charge in [-0.3, -0.25) is 4.79 Å². The van der Waals surface area contributed by atoms with Gasteiger partial charge in [-0.15, -0.1) is 0 Å². The highest BCUT2D eigenvalue weighted by molar-refractivity contribution is 5.77. The molecule has 3 aromatic heterocycles. The summed E-state index contributed by atoms with van der Waals surface area (Å²) in [5, 5.41) is 8.76. The second-order valence-corrected chi connectivity index (χ2v) is 5.22. The van der Waals surface area contributed by atoms with Crippen molar-refractivity contribution in [2.45, 2.75) is 6.92 Å². The molecule has 0 N–H and O–H groups in total. The number of benzene rings is 1. The zero-order chi connectivity index (χ0) is 16.5. The van der Waals surface area contributed by atoms with Gasteiger partial charge >= 0.3 is 0 Å². The lowest BCUT2D eigenvalue weighted by molar-refractivity contribution is 0.527. The lowest BCUT2D eigenvalue weighted by Gasteiger charge is -2.02. The van der Waals surface area contributed by atoms with Crippen LogP contribution in [0.4, 0.5) is 0 Å². The second kappa shape index (κ2) is 5.62. The van der Waals surface area contributed by atoms with Gasteiger partial charge in [0.2, 0.25) is 0 Å². The topological polar surface area (TPSA) is 78.2 Å². The third-order valence-corrected chi connectivity index (χ3v) is 3.54. The normalized spacial score (nSPS) is 11.5. The molecule has 0 spiro atoms. The van der Waals surface area contributed by atoms with Crippen LogP contribution in [0.2, 0.25) is 0 Å². The Morgan fingerprint density at radius 3 is 2.75 bits per heavy atom. The minimum Gasteiger partial charge on any atom is -0.460 e. The Bertz CT molecular complexity index is 1090. The summed E-state index contributed by atoms with van der Waals surface area (Å²) >= 11 is 0. The zero-order valence-electron chi connectivity index (χ0n) is 12.8. The van der Waals surface area contributed by atoms with Gasteiger partial charge in [-0.2, -0.15) is 14.9 Å². The summed E-state index contributed by atoms with van der Waals surface area (Å²) in [5.74, 6) is 1.35. The molecule has 0 saturated carbocycles. The van der Waals surface area contributed by atoms with Crippen LogP contribution in [0.5, 0.6) is 0 Å². The third-order valence-electron chi connectivity index (χ3n) is 3.54. The van der Waals surface area contributed by atoms with Crippen LogP contribution in [-0.2, 0) is 0 Å². The average molecular weight is 319 g/mol. The van der Waals surface area contributed by atoms with Gasteiger partial charge in [0.05, 0.1) is 18.1 Å². The zero-order valence-corrected chi connectivity index (χ0v) is 12.8. The standard InChI is InChI=1S/C17H13N5O2/c1-12-7-8-14(24-12)9-19-21-11-18-16-15(17(21)23)10-20-22(16)13-5-3-2-4-6-13/h2-11H,1H3/b19-9-. The largest absolute Gasteiger partial charge is 0.460 e. The quantitative estimate of drug-likeness (QED) is 0.543. The van der Waals surface area contributed by atoms with Gasteiger partial charge in [-0.1, -0.05) is 18.2 Å². The van der Waals surface area contributed by atoms with Gasteiger partial charge in [-0.25, -0.2) is 9.67 Å². The fourth-order valence-electron chi connectivity index (χ4n) is 2.38. The Balaban J connectivity index is 1.77. The van der Waals surface area contributed by atoms with E-state index in [9.17, 15) is 4.79 Å². The number of furan rings is 1. The maximum absolute atomic E-state index is 12.5. The van der Waals surface area contributed by atoms with Crippen LogP contribution in [0, 0.1) is 6.92 Å². The predicted molar refractivity (Wildman–Crippen MR) is 89.6 cm³/mol. The summed E-state index contributed by atoms with van der Waals surface area (Å²) in [7, 11) is 0. The number of rotatable bonds is 3. The van der Waals surface area contributed by atoms with Gasteiger partial charge in [0.15, 0.2) is 5.65 Å². The van der Waals surface area contributed by atoms with Crippen LogP contribution < -0.4 is 5.56 Å². The van der Waals surface area contributed by atoms with Crippen molar-refractivity contribution in [2.24, 2.45) is 5.10 Å². The van der Waals surface area contributed by atoms with E-state index in [0.29, 0.717) is 16.8 Å². The number of nitrogens with zero attached hydrogens (tertiary/aromatic N) is 5. The highest BCUT2D eigenvalue weighted by Crippen LogP contribution is 2.12. The minimum absolute atomic E-state index is 0.290. The van der Waals surface area contributed by atoms with E-state index in [-0.39, 0.29) is 5.56 Å². The molecule has 0 aliphatic carbocycles. The maximum Gasteiger partial charge on any atom is 0.285 e. The lowest BCUT2D eigenvalue weighted by Crippen LogP contribution is -2.17. The molecule has 0 atom stereocenters. The van der Waals surface area contributed by atoms with Crippen molar-refractivity contribution < 1.29 is 4.42 Å². The maximum atomic E-state index is 12.5. The van der Waals surface area contributed by atoms with Gasteiger partial charge in [0.1, 0.15) is 23.2 Å². The first-order chi connectivity index (χ1) is 11.7. The molecule has 3 heterocycles. The summed E-state index contributed by atoms with van der Waals surface area (Å²) in [4.78, 5) is 16.8. The average Bonchev–Trinajstić information content (AvgIpc) is 3.22. The Morgan fingerprint density at radius 1 is 1.17 bits per heavy atom. The number of hydrogen-bond donors (Lipinski definition) is 0. The fraction of sp³-hybridized carbons (Fsp3) is 0.0588. The first-order valence-corrected chi connectivity index (χ1v) is 7.34. The molecule has 0 saturated heterocycles. The van der Waals surface area contributed by atoms with Crippen molar-refractivity contribution in [2.75, 3.05) is 0 Å². The number of aromatic nitrogens is 4. The molecule has 1 aromatic carbocycles. The molecule has 0 radical (unpaired) electrons. The molecular formula is C17H13N5O2. The van der Waals surface area contributed by atoms with E-state index >= 15 is 0 Å². The van der Waals surface area contributed by atoms with E-state index in [1.165, 1.54) is 18.7 Å². The second-order valence-electron chi connectivity index (χ2n) is 5.22. The number of fused-ring (bicyclic) bond motifs is 1. The van der Waals surface area contributed by atoms with E-state index in [4.69, 9.17) is 4.42 Å². The monoisotopic (exact) mass is 319 g/mol. The van der Waals surface area contributed by atoms with E-state index in [0.717, 1.165) is 16.1 Å². The van der Waals surface area contributed by atoms with Crippen LogP contribution in [0.3, 0.4) is 0 Å². The fourth-order valence-corrected chi connectivity index (χ4v) is 2.38. The molecule has 0 aliphatic heterocycles. The Hall–Kier alpha value is -3.48. The molecule has 7 nitrogen and oxygen atoms in total. The van der Waals surface area contributed by atoms with E-state index in [2.05, 4.69) is 15.2 Å². The van der Waals surface area contributed by atoms with Gasteiger partial charge in [-0.05, 0) is 31.2 Å². The molecule has 24 heavy (non-hydrogen) atoms. The van der Waals surface area contributed by atoms with Crippen LogP contribution in [-0.4, -0.2) is 25.7 Å². The summed E-state index contributed by atoms with van der Waals surface area (Å²) in [6, 6.07) is 13.1. The predicted octanol–water partition coefficient (Wildman–Crippen LogP) is 2.37. The van der Waals surface area contributed by atoms with Crippen LogP contribution in [0.15, 0.2) is 69.3 Å². The molecular weight excluding hydrogens is 306 g/mol. The lowest BCUT2D eigenvalue weighted by atomic mass is 10.3. The van der Waals surface area contributed by atoms with Gasteiger partial charge < -0.3 is 4.42 Å². The van der Waals surface area contributed by atoms with Crippen molar-refractivity contribution in [3.63, 3.8) is 0 Å². The van der Waals surface area contributed by atoms with E-state index in [1.807, 2.05) is 43.3 Å². The third kappa shape index (κ3) is 2.41. The minimum atomic E-state index is -0.290. The summed E-state index contributed by atoms with van der Waals surface area (Å²) in [6.45, 7) is 1.84. The van der Waals surface area contributed by atoms with Crippen molar-refractivity contribution >= 4 is 17.2 Å². The van der Waals surface area contributed by atoms with Crippen molar-refractivity contribution in [3.8, 4) is 5.69 Å². The van der Waals surface area contributed by atoms with Gasteiger partial charge in [0, 0.05) is 0 Å².